The average molecular weight is 373 g/mol. The Bertz CT molecular complexity index is 839. The molecule has 3 rings (SSSR count). The summed E-state index contributed by atoms with van der Waals surface area (Å²) in [7, 11) is 0. The topological polar surface area (TPSA) is 55.4 Å². The minimum absolute atomic E-state index is 0.293. The van der Waals surface area contributed by atoms with Crippen molar-refractivity contribution >= 4 is 34.3 Å². The fraction of sp³-hybridized carbons (Fsp3) is 0.300. The number of fused-ring (bicyclic) bond motifs is 1. The van der Waals surface area contributed by atoms with Crippen LogP contribution in [0, 0.1) is 5.82 Å². The molecule has 1 heterocycles. The summed E-state index contributed by atoms with van der Waals surface area (Å²) in [4.78, 5) is 25.8. The first-order valence-electron chi connectivity index (χ1n) is 8.64. The smallest absolute Gasteiger partial charge is 0.341 e. The van der Waals surface area contributed by atoms with Gasteiger partial charge in [0.05, 0.1) is 12.2 Å². The maximum atomic E-state index is 12.9. The summed E-state index contributed by atoms with van der Waals surface area (Å²) in [6.07, 6.45) is 6.86. The summed E-state index contributed by atoms with van der Waals surface area (Å²) in [5.41, 5.74) is 2.23. The SMILES string of the molecule is CCOC(=O)c1c(NC(=O)/C=C\c2ccc(F)cc2)sc2c1CCCC2. The number of benzene rings is 1. The highest BCUT2D eigenvalue weighted by Gasteiger charge is 2.26. The molecule has 0 atom stereocenters. The van der Waals surface area contributed by atoms with E-state index in [9.17, 15) is 14.0 Å². The lowest BCUT2D eigenvalue weighted by Gasteiger charge is -2.12. The normalized spacial score (nSPS) is 13.5. The number of thiophene rings is 1. The molecule has 0 saturated carbocycles. The van der Waals surface area contributed by atoms with Crippen molar-refractivity contribution in [2.75, 3.05) is 11.9 Å². The number of amides is 1. The van der Waals surface area contributed by atoms with Crippen LogP contribution in [-0.2, 0) is 22.4 Å². The maximum Gasteiger partial charge on any atom is 0.341 e. The molecular formula is C20H20FNO3S. The zero-order valence-electron chi connectivity index (χ0n) is 14.5. The summed E-state index contributed by atoms with van der Waals surface area (Å²) in [5.74, 6) is -1.04. The molecule has 0 unspecified atom stereocenters. The first-order valence-corrected chi connectivity index (χ1v) is 9.46. The third kappa shape index (κ3) is 4.19. The van der Waals surface area contributed by atoms with Crippen LogP contribution >= 0.6 is 11.3 Å². The third-order valence-corrected chi connectivity index (χ3v) is 5.39. The molecule has 0 bridgehead atoms. The number of halogens is 1. The fourth-order valence-electron chi connectivity index (χ4n) is 2.97. The van der Waals surface area contributed by atoms with E-state index in [4.69, 9.17) is 4.74 Å². The van der Waals surface area contributed by atoms with E-state index in [0.29, 0.717) is 17.2 Å². The summed E-state index contributed by atoms with van der Waals surface area (Å²) < 4.78 is 18.1. The molecule has 1 N–H and O–H groups in total. The van der Waals surface area contributed by atoms with Crippen LogP contribution in [0.3, 0.4) is 0 Å². The van der Waals surface area contributed by atoms with Crippen molar-refractivity contribution in [3.63, 3.8) is 0 Å². The van der Waals surface area contributed by atoms with Crippen LogP contribution in [0.15, 0.2) is 30.3 Å². The van der Waals surface area contributed by atoms with Crippen molar-refractivity contribution in [2.24, 2.45) is 0 Å². The van der Waals surface area contributed by atoms with E-state index >= 15 is 0 Å². The summed E-state index contributed by atoms with van der Waals surface area (Å²) in [6.45, 7) is 2.06. The number of hydrogen-bond donors (Lipinski definition) is 1. The molecule has 0 aliphatic heterocycles. The third-order valence-electron chi connectivity index (χ3n) is 4.18. The Kier molecular flexibility index (Phi) is 5.83. The lowest BCUT2D eigenvalue weighted by Crippen LogP contribution is -2.14. The van der Waals surface area contributed by atoms with Gasteiger partial charge in [0.25, 0.3) is 0 Å². The summed E-state index contributed by atoms with van der Waals surface area (Å²) >= 11 is 1.45. The van der Waals surface area contributed by atoms with Crippen molar-refractivity contribution in [3.8, 4) is 0 Å². The predicted octanol–water partition coefficient (Wildman–Crippen LogP) is 4.59. The van der Waals surface area contributed by atoms with E-state index in [1.165, 1.54) is 29.5 Å². The van der Waals surface area contributed by atoms with Crippen LogP contribution in [0.25, 0.3) is 6.08 Å². The molecule has 1 aliphatic carbocycles. The van der Waals surface area contributed by atoms with Crippen molar-refractivity contribution in [1.29, 1.82) is 0 Å². The van der Waals surface area contributed by atoms with E-state index in [1.54, 1.807) is 25.1 Å². The largest absolute Gasteiger partial charge is 0.462 e. The molecule has 0 spiro atoms. The van der Waals surface area contributed by atoms with Crippen LogP contribution in [0.4, 0.5) is 9.39 Å². The zero-order valence-corrected chi connectivity index (χ0v) is 15.3. The van der Waals surface area contributed by atoms with Gasteiger partial charge in [-0.1, -0.05) is 12.1 Å². The van der Waals surface area contributed by atoms with E-state index in [2.05, 4.69) is 5.32 Å². The number of rotatable bonds is 5. The van der Waals surface area contributed by atoms with Gasteiger partial charge in [0.2, 0.25) is 5.91 Å². The molecule has 1 aliphatic rings. The Hall–Kier alpha value is -2.47. The van der Waals surface area contributed by atoms with E-state index < -0.39 is 0 Å². The standard InChI is InChI=1S/C20H20FNO3S/c1-2-25-20(24)18-15-5-3-4-6-16(15)26-19(18)22-17(23)12-9-13-7-10-14(21)11-8-13/h7-12H,2-6H2,1H3,(H,22,23)/b12-9-. The summed E-state index contributed by atoms with van der Waals surface area (Å²) in [6, 6.07) is 5.85. The van der Waals surface area contributed by atoms with Gasteiger partial charge in [-0.25, -0.2) is 9.18 Å². The van der Waals surface area contributed by atoms with Gasteiger partial charge in [0.1, 0.15) is 10.8 Å². The second-order valence-corrected chi connectivity index (χ2v) is 7.11. The van der Waals surface area contributed by atoms with Crippen molar-refractivity contribution < 1.29 is 18.7 Å². The first kappa shape index (κ1) is 18.3. The molecule has 1 aromatic carbocycles. The zero-order chi connectivity index (χ0) is 18.5. The van der Waals surface area contributed by atoms with Crippen molar-refractivity contribution in [3.05, 3.63) is 57.7 Å². The van der Waals surface area contributed by atoms with Gasteiger partial charge >= 0.3 is 5.97 Å². The fourth-order valence-corrected chi connectivity index (χ4v) is 4.25. The van der Waals surface area contributed by atoms with Crippen LogP contribution in [0.1, 0.15) is 46.1 Å². The number of hydrogen-bond acceptors (Lipinski definition) is 4. The van der Waals surface area contributed by atoms with Crippen molar-refractivity contribution in [1.82, 2.24) is 0 Å². The quantitative estimate of drug-likeness (QED) is 0.616. The maximum absolute atomic E-state index is 12.9. The molecule has 1 amide bonds. The number of ether oxygens (including phenoxy) is 1. The molecule has 2 aromatic rings. The molecule has 6 heteroatoms. The molecule has 1 aromatic heterocycles. The lowest BCUT2D eigenvalue weighted by molar-refractivity contribution is -0.111. The van der Waals surface area contributed by atoms with E-state index in [-0.39, 0.29) is 17.7 Å². The highest BCUT2D eigenvalue weighted by molar-refractivity contribution is 7.17. The molecule has 0 radical (unpaired) electrons. The number of aryl methyl sites for hydroxylation is 1. The highest BCUT2D eigenvalue weighted by Crippen LogP contribution is 2.38. The predicted molar refractivity (Wildman–Crippen MR) is 101 cm³/mol. The molecule has 4 nitrogen and oxygen atoms in total. The lowest BCUT2D eigenvalue weighted by atomic mass is 9.95. The van der Waals surface area contributed by atoms with Gasteiger partial charge in [0, 0.05) is 11.0 Å². The Morgan fingerprint density at radius 2 is 1.96 bits per heavy atom. The van der Waals surface area contributed by atoms with Gasteiger partial charge in [-0.2, -0.15) is 0 Å². The van der Waals surface area contributed by atoms with E-state index in [1.807, 2.05) is 0 Å². The minimum Gasteiger partial charge on any atom is -0.462 e. The average Bonchev–Trinajstić information content (AvgIpc) is 2.99. The molecular weight excluding hydrogens is 353 g/mol. The Labute approximate surface area is 155 Å². The Balaban J connectivity index is 1.80. The second-order valence-electron chi connectivity index (χ2n) is 6.01. The van der Waals surface area contributed by atoms with Gasteiger partial charge in [-0.3, -0.25) is 4.79 Å². The number of carbonyl (C=O) groups excluding carboxylic acids is 2. The van der Waals surface area contributed by atoms with Crippen molar-refractivity contribution in [2.45, 2.75) is 32.6 Å². The molecule has 0 fully saturated rings. The summed E-state index contributed by atoms with van der Waals surface area (Å²) in [5, 5.41) is 3.35. The Morgan fingerprint density at radius 1 is 1.23 bits per heavy atom. The second kappa shape index (κ2) is 8.27. The molecule has 136 valence electrons. The Morgan fingerprint density at radius 3 is 2.69 bits per heavy atom. The van der Waals surface area contributed by atoms with Gasteiger partial charge < -0.3 is 10.1 Å². The van der Waals surface area contributed by atoms with Gasteiger partial charge in [-0.15, -0.1) is 11.3 Å². The first-order chi connectivity index (χ1) is 12.6. The molecule has 0 saturated heterocycles. The highest BCUT2D eigenvalue weighted by atomic mass is 32.1. The number of carbonyl (C=O) groups is 2. The van der Waals surface area contributed by atoms with Gasteiger partial charge in [0.15, 0.2) is 0 Å². The minimum atomic E-state index is -0.385. The van der Waals surface area contributed by atoms with Crippen LogP contribution in [-0.4, -0.2) is 18.5 Å². The number of nitrogens with one attached hydrogen (secondary N) is 1. The number of esters is 1. The molecule has 26 heavy (non-hydrogen) atoms. The van der Waals surface area contributed by atoms with Gasteiger partial charge in [-0.05, 0) is 61.9 Å². The van der Waals surface area contributed by atoms with E-state index in [0.717, 1.165) is 41.7 Å². The van der Waals surface area contributed by atoms with Crippen LogP contribution in [0.5, 0.6) is 0 Å². The number of anilines is 1. The van der Waals surface area contributed by atoms with Crippen LogP contribution in [0.2, 0.25) is 0 Å². The monoisotopic (exact) mass is 373 g/mol. The van der Waals surface area contributed by atoms with Crippen LogP contribution < -0.4 is 5.32 Å².